The minimum atomic E-state index is -0.181. The van der Waals surface area contributed by atoms with Gasteiger partial charge in [0.2, 0.25) is 0 Å². The zero-order valence-electron chi connectivity index (χ0n) is 10.8. The molecule has 4 heteroatoms. The van der Waals surface area contributed by atoms with Crippen LogP contribution in [0, 0.1) is 0 Å². The van der Waals surface area contributed by atoms with Gasteiger partial charge in [-0.2, -0.15) is 0 Å². The molecule has 0 spiro atoms. The monoisotopic (exact) mass is 255 g/mol. The number of hydrogen-bond donors (Lipinski definition) is 2. The van der Waals surface area contributed by atoms with Crippen molar-refractivity contribution in [2.75, 3.05) is 0 Å². The van der Waals surface area contributed by atoms with E-state index in [2.05, 4.69) is 10.3 Å². The van der Waals surface area contributed by atoms with Crippen molar-refractivity contribution in [2.45, 2.75) is 19.5 Å². The minimum Gasteiger partial charge on any atom is -0.344 e. The summed E-state index contributed by atoms with van der Waals surface area (Å²) in [6.45, 7) is 2.37. The first kappa shape index (κ1) is 13.2. The minimum absolute atomic E-state index is 0.0512. The molecule has 1 heterocycles. The van der Waals surface area contributed by atoms with Crippen molar-refractivity contribution < 1.29 is 4.79 Å². The molecule has 0 saturated heterocycles. The molecule has 1 aromatic carbocycles. The average molecular weight is 255 g/mol. The van der Waals surface area contributed by atoms with Gasteiger partial charge in [-0.15, -0.1) is 0 Å². The molecule has 0 aliphatic heterocycles. The summed E-state index contributed by atoms with van der Waals surface area (Å²) in [6, 6.07) is 13.3. The summed E-state index contributed by atoms with van der Waals surface area (Å²) in [5.41, 5.74) is 7.87. The van der Waals surface area contributed by atoms with Crippen LogP contribution in [0.25, 0.3) is 0 Å². The molecule has 2 rings (SSSR count). The molecule has 0 radical (unpaired) electrons. The first-order valence-electron chi connectivity index (χ1n) is 6.21. The summed E-state index contributed by atoms with van der Waals surface area (Å²) >= 11 is 0. The van der Waals surface area contributed by atoms with Crippen LogP contribution in [0.2, 0.25) is 0 Å². The Kier molecular flexibility index (Phi) is 4.26. The van der Waals surface area contributed by atoms with Gasteiger partial charge in [-0.25, -0.2) is 0 Å². The van der Waals surface area contributed by atoms with Gasteiger partial charge in [0.05, 0.1) is 6.04 Å². The molecule has 1 aromatic heterocycles. The maximum absolute atomic E-state index is 12.0. The van der Waals surface area contributed by atoms with E-state index >= 15 is 0 Å². The highest BCUT2D eigenvalue weighted by Crippen LogP contribution is 2.11. The fourth-order valence-corrected chi connectivity index (χ4v) is 1.78. The van der Waals surface area contributed by atoms with Gasteiger partial charge in [-0.1, -0.05) is 36.4 Å². The Morgan fingerprint density at radius 1 is 1.26 bits per heavy atom. The molecule has 19 heavy (non-hydrogen) atoms. The van der Waals surface area contributed by atoms with Gasteiger partial charge in [0, 0.05) is 12.7 Å². The molecular formula is C15H17N3O. The molecule has 2 aromatic rings. The maximum Gasteiger partial charge on any atom is 0.270 e. The number of carbonyl (C=O) groups excluding carboxylic acids is 1. The quantitative estimate of drug-likeness (QED) is 0.878. The topological polar surface area (TPSA) is 68.0 Å². The van der Waals surface area contributed by atoms with E-state index in [4.69, 9.17) is 5.73 Å². The molecule has 98 valence electrons. The Bertz CT molecular complexity index is 537. The average Bonchev–Trinajstić information content (AvgIpc) is 2.48. The van der Waals surface area contributed by atoms with Crippen molar-refractivity contribution >= 4 is 5.91 Å². The van der Waals surface area contributed by atoms with Crippen molar-refractivity contribution in [3.8, 4) is 0 Å². The fraction of sp³-hybridized carbons (Fsp3) is 0.200. The standard InChI is InChI=1S/C15H17N3O/c1-11(13-5-3-2-4-6-13)18-15(19)14-8-7-12(9-16)10-17-14/h2-8,10-11H,9,16H2,1H3,(H,18,19)/t11-/m1/s1. The molecule has 0 fully saturated rings. The summed E-state index contributed by atoms with van der Waals surface area (Å²) < 4.78 is 0. The zero-order chi connectivity index (χ0) is 13.7. The lowest BCUT2D eigenvalue weighted by atomic mass is 10.1. The molecule has 3 N–H and O–H groups in total. The van der Waals surface area contributed by atoms with E-state index in [0.717, 1.165) is 11.1 Å². The van der Waals surface area contributed by atoms with Crippen molar-refractivity contribution in [1.29, 1.82) is 0 Å². The number of nitrogens with zero attached hydrogens (tertiary/aromatic N) is 1. The molecule has 4 nitrogen and oxygen atoms in total. The second-order valence-corrected chi connectivity index (χ2v) is 4.36. The molecule has 0 saturated carbocycles. The van der Waals surface area contributed by atoms with E-state index in [1.54, 1.807) is 12.3 Å². The van der Waals surface area contributed by atoms with E-state index in [1.165, 1.54) is 0 Å². The summed E-state index contributed by atoms with van der Waals surface area (Å²) in [6.07, 6.45) is 1.63. The highest BCUT2D eigenvalue weighted by Gasteiger charge is 2.11. The first-order valence-corrected chi connectivity index (χ1v) is 6.21. The van der Waals surface area contributed by atoms with Crippen LogP contribution >= 0.6 is 0 Å². The third-order valence-corrected chi connectivity index (χ3v) is 2.94. The zero-order valence-corrected chi connectivity index (χ0v) is 10.8. The Morgan fingerprint density at radius 3 is 2.58 bits per heavy atom. The number of hydrogen-bond acceptors (Lipinski definition) is 3. The van der Waals surface area contributed by atoms with Crippen LogP contribution < -0.4 is 11.1 Å². The highest BCUT2D eigenvalue weighted by molar-refractivity contribution is 5.92. The van der Waals surface area contributed by atoms with Crippen LogP contribution in [0.5, 0.6) is 0 Å². The Hall–Kier alpha value is -2.20. The van der Waals surface area contributed by atoms with Crippen LogP contribution in [0.3, 0.4) is 0 Å². The molecule has 1 amide bonds. The molecule has 0 aliphatic rings. The van der Waals surface area contributed by atoms with E-state index in [0.29, 0.717) is 12.2 Å². The summed E-state index contributed by atoms with van der Waals surface area (Å²) in [5.74, 6) is -0.181. The largest absolute Gasteiger partial charge is 0.344 e. The number of rotatable bonds is 4. The number of nitrogens with one attached hydrogen (secondary N) is 1. The number of amides is 1. The van der Waals surface area contributed by atoms with Crippen LogP contribution in [0.15, 0.2) is 48.7 Å². The molecule has 0 unspecified atom stereocenters. The van der Waals surface area contributed by atoms with Crippen LogP contribution in [-0.4, -0.2) is 10.9 Å². The lowest BCUT2D eigenvalue weighted by Gasteiger charge is -2.13. The maximum atomic E-state index is 12.0. The van der Waals surface area contributed by atoms with E-state index in [9.17, 15) is 4.79 Å². The fourth-order valence-electron chi connectivity index (χ4n) is 1.78. The lowest BCUT2D eigenvalue weighted by Crippen LogP contribution is -2.27. The van der Waals surface area contributed by atoms with Gasteiger partial charge in [-0.3, -0.25) is 9.78 Å². The van der Waals surface area contributed by atoms with Gasteiger partial charge in [0.25, 0.3) is 5.91 Å². The van der Waals surface area contributed by atoms with Crippen LogP contribution in [-0.2, 0) is 6.54 Å². The molecule has 0 aliphatic carbocycles. The van der Waals surface area contributed by atoms with E-state index in [1.807, 2.05) is 43.3 Å². The van der Waals surface area contributed by atoms with Crippen molar-refractivity contribution in [3.63, 3.8) is 0 Å². The Balaban J connectivity index is 2.04. The van der Waals surface area contributed by atoms with E-state index in [-0.39, 0.29) is 11.9 Å². The summed E-state index contributed by atoms with van der Waals surface area (Å²) in [5, 5.41) is 2.92. The lowest BCUT2D eigenvalue weighted by molar-refractivity contribution is 0.0935. The van der Waals surface area contributed by atoms with Gasteiger partial charge in [0.1, 0.15) is 5.69 Å². The number of carbonyl (C=O) groups is 1. The second kappa shape index (κ2) is 6.11. The van der Waals surface area contributed by atoms with Gasteiger partial charge >= 0.3 is 0 Å². The van der Waals surface area contributed by atoms with Gasteiger partial charge < -0.3 is 11.1 Å². The predicted molar refractivity (Wildman–Crippen MR) is 74.5 cm³/mol. The van der Waals surface area contributed by atoms with Crippen molar-refractivity contribution in [1.82, 2.24) is 10.3 Å². The Morgan fingerprint density at radius 2 is 2.00 bits per heavy atom. The predicted octanol–water partition coefficient (Wildman–Crippen LogP) is 2.03. The van der Waals surface area contributed by atoms with Crippen molar-refractivity contribution in [2.24, 2.45) is 5.73 Å². The highest BCUT2D eigenvalue weighted by atomic mass is 16.1. The number of pyridine rings is 1. The number of aromatic nitrogens is 1. The van der Waals surface area contributed by atoms with Crippen LogP contribution in [0.4, 0.5) is 0 Å². The first-order chi connectivity index (χ1) is 9.20. The molecule has 0 bridgehead atoms. The normalized spacial score (nSPS) is 11.9. The Labute approximate surface area is 112 Å². The third kappa shape index (κ3) is 3.39. The summed E-state index contributed by atoms with van der Waals surface area (Å²) in [4.78, 5) is 16.1. The summed E-state index contributed by atoms with van der Waals surface area (Å²) in [7, 11) is 0. The second-order valence-electron chi connectivity index (χ2n) is 4.36. The van der Waals surface area contributed by atoms with Crippen molar-refractivity contribution in [3.05, 3.63) is 65.5 Å². The molecular weight excluding hydrogens is 238 g/mol. The van der Waals surface area contributed by atoms with E-state index < -0.39 is 0 Å². The number of benzene rings is 1. The van der Waals surface area contributed by atoms with Gasteiger partial charge in [-0.05, 0) is 24.1 Å². The van der Waals surface area contributed by atoms with Crippen LogP contribution in [0.1, 0.15) is 34.6 Å². The number of nitrogens with two attached hydrogens (primary N) is 1. The smallest absolute Gasteiger partial charge is 0.270 e. The van der Waals surface area contributed by atoms with Gasteiger partial charge in [0.15, 0.2) is 0 Å². The third-order valence-electron chi connectivity index (χ3n) is 2.94. The SMILES string of the molecule is C[C@@H](NC(=O)c1ccc(CN)cn1)c1ccccc1. The molecule has 1 atom stereocenters.